The van der Waals surface area contributed by atoms with Gasteiger partial charge in [-0.15, -0.1) is 0 Å². The van der Waals surface area contributed by atoms with E-state index in [-0.39, 0.29) is 18.4 Å². The van der Waals surface area contributed by atoms with Crippen LogP contribution < -0.4 is 11.1 Å². The van der Waals surface area contributed by atoms with Crippen LogP contribution in [0.4, 0.5) is 0 Å². The molecule has 0 bridgehead atoms. The molecule has 0 aromatic heterocycles. The summed E-state index contributed by atoms with van der Waals surface area (Å²) in [5, 5.41) is 11.8. The normalized spacial score (nSPS) is 13.8. The Balaban J connectivity index is 2.81. The lowest BCUT2D eigenvalue weighted by molar-refractivity contribution is -0.142. The maximum atomic E-state index is 12.1. The first-order chi connectivity index (χ1) is 9.45. The van der Waals surface area contributed by atoms with Crippen LogP contribution in [0.5, 0.6) is 0 Å². The van der Waals surface area contributed by atoms with E-state index in [9.17, 15) is 14.7 Å². The van der Waals surface area contributed by atoms with Crippen molar-refractivity contribution in [3.63, 3.8) is 0 Å². The van der Waals surface area contributed by atoms with E-state index >= 15 is 0 Å². The minimum atomic E-state index is -1.08. The first-order valence-corrected chi connectivity index (χ1v) is 6.73. The number of carboxylic acids is 1. The van der Waals surface area contributed by atoms with Gasteiger partial charge in [0.05, 0.1) is 5.92 Å². The highest BCUT2D eigenvalue weighted by molar-refractivity contribution is 5.86. The molecule has 0 saturated heterocycles. The molecule has 0 radical (unpaired) electrons. The van der Waals surface area contributed by atoms with Gasteiger partial charge < -0.3 is 16.2 Å². The summed E-state index contributed by atoms with van der Waals surface area (Å²) in [5.41, 5.74) is 6.15. The van der Waals surface area contributed by atoms with Crippen molar-refractivity contribution in [2.24, 2.45) is 17.6 Å². The van der Waals surface area contributed by atoms with Gasteiger partial charge in [0.2, 0.25) is 5.91 Å². The molecule has 5 nitrogen and oxygen atoms in total. The van der Waals surface area contributed by atoms with Crippen LogP contribution in [0, 0.1) is 11.8 Å². The highest BCUT2D eigenvalue weighted by atomic mass is 16.4. The van der Waals surface area contributed by atoms with Crippen molar-refractivity contribution in [2.75, 3.05) is 6.54 Å². The van der Waals surface area contributed by atoms with E-state index in [0.717, 1.165) is 0 Å². The highest BCUT2D eigenvalue weighted by Crippen LogP contribution is 2.16. The minimum absolute atomic E-state index is 0.213. The lowest BCUT2D eigenvalue weighted by atomic mass is 9.95. The van der Waals surface area contributed by atoms with Crippen molar-refractivity contribution in [2.45, 2.75) is 26.3 Å². The summed E-state index contributed by atoms with van der Waals surface area (Å²) in [4.78, 5) is 23.5. The molecule has 1 rings (SSSR count). The number of nitrogens with two attached hydrogens (primary N) is 1. The fourth-order valence-corrected chi connectivity index (χ4v) is 2.07. The van der Waals surface area contributed by atoms with E-state index < -0.39 is 12.0 Å². The van der Waals surface area contributed by atoms with Crippen molar-refractivity contribution >= 4 is 11.9 Å². The van der Waals surface area contributed by atoms with Crippen LogP contribution in [0.1, 0.15) is 31.9 Å². The molecule has 5 heteroatoms. The third-order valence-electron chi connectivity index (χ3n) is 3.08. The number of carboxylic acid groups (broad SMARTS) is 1. The molecular weight excluding hydrogens is 256 g/mol. The number of rotatable bonds is 7. The van der Waals surface area contributed by atoms with Crippen molar-refractivity contribution in [1.29, 1.82) is 0 Å². The van der Waals surface area contributed by atoms with E-state index in [4.69, 9.17) is 5.73 Å². The van der Waals surface area contributed by atoms with Gasteiger partial charge in [-0.3, -0.25) is 4.79 Å². The van der Waals surface area contributed by atoms with Gasteiger partial charge in [-0.05, 0) is 17.9 Å². The van der Waals surface area contributed by atoms with Gasteiger partial charge in [0.25, 0.3) is 0 Å². The summed E-state index contributed by atoms with van der Waals surface area (Å²) in [7, 11) is 0. The highest BCUT2D eigenvalue weighted by Gasteiger charge is 2.26. The molecule has 110 valence electrons. The smallest absolute Gasteiger partial charge is 0.330 e. The molecule has 0 aliphatic carbocycles. The number of amides is 1. The van der Waals surface area contributed by atoms with Crippen molar-refractivity contribution in [3.8, 4) is 0 Å². The summed E-state index contributed by atoms with van der Waals surface area (Å²) in [5.74, 6) is -1.42. The second-order valence-electron chi connectivity index (χ2n) is 5.25. The van der Waals surface area contributed by atoms with Gasteiger partial charge in [-0.2, -0.15) is 0 Å². The SMILES string of the molecule is CC(C)CC(CN)C(=O)N[C@@H](C(=O)O)c1ccccc1. The Morgan fingerprint density at radius 1 is 1.25 bits per heavy atom. The molecule has 1 amide bonds. The van der Waals surface area contributed by atoms with Crippen LogP contribution in [0.15, 0.2) is 30.3 Å². The Kier molecular flexibility index (Phi) is 6.18. The molecule has 0 aliphatic rings. The Hall–Kier alpha value is -1.88. The quantitative estimate of drug-likeness (QED) is 0.705. The van der Waals surface area contributed by atoms with Crippen LogP contribution >= 0.6 is 0 Å². The summed E-state index contributed by atoms with van der Waals surface area (Å²) >= 11 is 0. The zero-order valence-corrected chi connectivity index (χ0v) is 11.9. The van der Waals surface area contributed by atoms with E-state index in [1.807, 2.05) is 13.8 Å². The second kappa shape index (κ2) is 7.65. The maximum Gasteiger partial charge on any atom is 0.330 e. The van der Waals surface area contributed by atoms with Crippen molar-refractivity contribution in [1.82, 2.24) is 5.32 Å². The largest absolute Gasteiger partial charge is 0.479 e. The monoisotopic (exact) mass is 278 g/mol. The van der Waals surface area contributed by atoms with Crippen LogP contribution in [-0.2, 0) is 9.59 Å². The minimum Gasteiger partial charge on any atom is -0.479 e. The first kappa shape index (κ1) is 16.2. The van der Waals surface area contributed by atoms with Crippen LogP contribution in [-0.4, -0.2) is 23.5 Å². The lowest BCUT2D eigenvalue weighted by Gasteiger charge is -2.20. The topological polar surface area (TPSA) is 92.4 Å². The number of hydrogen-bond donors (Lipinski definition) is 3. The number of carbonyl (C=O) groups excluding carboxylic acids is 1. The second-order valence-corrected chi connectivity index (χ2v) is 5.25. The first-order valence-electron chi connectivity index (χ1n) is 6.73. The van der Waals surface area contributed by atoms with Gasteiger partial charge in [0.1, 0.15) is 0 Å². The molecule has 0 fully saturated rings. The van der Waals surface area contributed by atoms with E-state index in [1.54, 1.807) is 30.3 Å². The molecule has 1 aromatic rings. The predicted octanol–water partition coefficient (Wildman–Crippen LogP) is 1.55. The van der Waals surface area contributed by atoms with Crippen molar-refractivity contribution < 1.29 is 14.7 Å². The van der Waals surface area contributed by atoms with Gasteiger partial charge in [-0.25, -0.2) is 4.79 Å². The molecule has 1 unspecified atom stereocenters. The average Bonchev–Trinajstić information content (AvgIpc) is 2.42. The van der Waals surface area contributed by atoms with Gasteiger partial charge in [-0.1, -0.05) is 44.2 Å². The zero-order chi connectivity index (χ0) is 15.1. The summed E-state index contributed by atoms with van der Waals surface area (Å²) < 4.78 is 0. The zero-order valence-electron chi connectivity index (χ0n) is 11.9. The Bertz CT molecular complexity index is 446. The molecule has 0 spiro atoms. The molecule has 4 N–H and O–H groups in total. The molecule has 0 saturated carbocycles. The number of nitrogens with one attached hydrogen (secondary N) is 1. The summed E-state index contributed by atoms with van der Waals surface area (Å²) in [6.45, 7) is 4.22. The number of carbonyl (C=O) groups is 2. The van der Waals surface area contributed by atoms with Crippen LogP contribution in [0.3, 0.4) is 0 Å². The third-order valence-corrected chi connectivity index (χ3v) is 3.08. The lowest BCUT2D eigenvalue weighted by Crippen LogP contribution is -2.40. The Morgan fingerprint density at radius 2 is 1.85 bits per heavy atom. The third kappa shape index (κ3) is 4.66. The van der Waals surface area contributed by atoms with E-state index in [0.29, 0.717) is 17.9 Å². The van der Waals surface area contributed by atoms with E-state index in [2.05, 4.69) is 5.32 Å². The van der Waals surface area contributed by atoms with Gasteiger partial charge >= 0.3 is 5.97 Å². The Labute approximate surface area is 119 Å². The van der Waals surface area contributed by atoms with Crippen LogP contribution in [0.25, 0.3) is 0 Å². The molecule has 0 heterocycles. The predicted molar refractivity (Wildman–Crippen MR) is 77.0 cm³/mol. The molecule has 0 aliphatic heterocycles. The molecule has 2 atom stereocenters. The fraction of sp³-hybridized carbons (Fsp3) is 0.467. The fourth-order valence-electron chi connectivity index (χ4n) is 2.07. The summed E-state index contributed by atoms with van der Waals surface area (Å²) in [6, 6.07) is 7.60. The van der Waals surface area contributed by atoms with Crippen LogP contribution in [0.2, 0.25) is 0 Å². The molecular formula is C15H22N2O3. The number of aliphatic carboxylic acids is 1. The average molecular weight is 278 g/mol. The van der Waals surface area contributed by atoms with Crippen molar-refractivity contribution in [3.05, 3.63) is 35.9 Å². The molecule has 1 aromatic carbocycles. The number of benzene rings is 1. The van der Waals surface area contributed by atoms with Gasteiger partial charge in [0, 0.05) is 6.54 Å². The number of hydrogen-bond acceptors (Lipinski definition) is 3. The van der Waals surface area contributed by atoms with Gasteiger partial charge in [0.15, 0.2) is 6.04 Å². The van der Waals surface area contributed by atoms with E-state index in [1.165, 1.54) is 0 Å². The maximum absolute atomic E-state index is 12.1. The standard InChI is InChI=1S/C15H22N2O3/c1-10(2)8-12(9-16)14(18)17-13(15(19)20)11-6-4-3-5-7-11/h3-7,10,12-13H,8-9,16H2,1-2H3,(H,17,18)(H,19,20)/t12?,13-/m1/s1. The Morgan fingerprint density at radius 3 is 2.30 bits per heavy atom. The molecule has 20 heavy (non-hydrogen) atoms. The summed E-state index contributed by atoms with van der Waals surface area (Å²) in [6.07, 6.45) is 0.642.